The smallest absolute Gasteiger partial charge is 0.0884 e. The Morgan fingerprint density at radius 1 is 0.432 bits per heavy atom. The van der Waals surface area contributed by atoms with E-state index in [-0.39, 0.29) is 21.7 Å². The van der Waals surface area contributed by atoms with Crippen molar-refractivity contribution in [1.82, 2.24) is 4.98 Å². The van der Waals surface area contributed by atoms with Crippen LogP contribution in [-0.4, -0.2) is 16.4 Å². The molecule has 3 nitrogen and oxygen atoms in total. The fourth-order valence-electron chi connectivity index (χ4n) is 6.23. The highest BCUT2D eigenvalue weighted by Gasteiger charge is 2.27. The van der Waals surface area contributed by atoms with Crippen LogP contribution in [0.25, 0.3) is 0 Å². The molecule has 5 rings (SSSR count). The Labute approximate surface area is 267 Å². The molecule has 1 heterocycles. The SMILES string of the molecule is CC(C)(C)c1cc(/N=C2/CCCc3cc4c(nc32)/C(=N/c2cc(C(C)(C)C)cc(C(C)(C)C)c2)CCC4)cc(C(C)(C)C)c1. The molecular formula is C41H55N3. The molecule has 0 radical (unpaired) electrons. The highest BCUT2D eigenvalue weighted by Crippen LogP contribution is 2.37. The van der Waals surface area contributed by atoms with E-state index in [9.17, 15) is 0 Å². The van der Waals surface area contributed by atoms with E-state index in [0.717, 1.165) is 72.7 Å². The minimum Gasteiger partial charge on any atom is -0.251 e. The quantitative estimate of drug-likeness (QED) is 0.293. The van der Waals surface area contributed by atoms with Gasteiger partial charge in [0.15, 0.2) is 0 Å². The first-order chi connectivity index (χ1) is 20.3. The van der Waals surface area contributed by atoms with Crippen LogP contribution in [-0.2, 0) is 34.5 Å². The number of fused-ring (bicyclic) bond motifs is 2. The van der Waals surface area contributed by atoms with E-state index in [0.29, 0.717) is 0 Å². The van der Waals surface area contributed by atoms with E-state index in [1.54, 1.807) is 0 Å². The molecule has 0 N–H and O–H groups in total. The van der Waals surface area contributed by atoms with Crippen molar-refractivity contribution in [2.75, 3.05) is 0 Å². The van der Waals surface area contributed by atoms with Crippen molar-refractivity contribution in [3.63, 3.8) is 0 Å². The molecule has 44 heavy (non-hydrogen) atoms. The molecule has 0 bridgehead atoms. The summed E-state index contributed by atoms with van der Waals surface area (Å²) >= 11 is 0. The molecule has 0 spiro atoms. The van der Waals surface area contributed by atoms with Crippen LogP contribution in [0, 0.1) is 0 Å². The van der Waals surface area contributed by atoms with Crippen molar-refractivity contribution in [2.45, 2.75) is 143 Å². The number of hydrogen-bond donors (Lipinski definition) is 0. The molecule has 0 amide bonds. The largest absolute Gasteiger partial charge is 0.251 e. The van der Waals surface area contributed by atoms with Gasteiger partial charge in [0, 0.05) is 0 Å². The highest BCUT2D eigenvalue weighted by molar-refractivity contribution is 6.06. The van der Waals surface area contributed by atoms with E-state index in [4.69, 9.17) is 15.0 Å². The van der Waals surface area contributed by atoms with E-state index in [2.05, 4.69) is 126 Å². The number of hydrogen-bond acceptors (Lipinski definition) is 3. The molecule has 3 heteroatoms. The second-order valence-corrected chi connectivity index (χ2v) is 17.4. The molecule has 0 unspecified atom stereocenters. The maximum absolute atomic E-state index is 5.43. The van der Waals surface area contributed by atoms with Crippen molar-refractivity contribution < 1.29 is 0 Å². The number of benzene rings is 2. The van der Waals surface area contributed by atoms with Gasteiger partial charge in [-0.2, -0.15) is 0 Å². The van der Waals surface area contributed by atoms with Crippen LogP contribution < -0.4 is 0 Å². The van der Waals surface area contributed by atoms with E-state index in [1.165, 1.54) is 33.4 Å². The zero-order valence-electron chi connectivity index (χ0n) is 29.6. The molecule has 0 fully saturated rings. The van der Waals surface area contributed by atoms with Crippen LogP contribution in [0.4, 0.5) is 11.4 Å². The summed E-state index contributed by atoms with van der Waals surface area (Å²) in [6.07, 6.45) is 6.29. The molecule has 1 aromatic heterocycles. The summed E-state index contributed by atoms with van der Waals surface area (Å²) in [5, 5.41) is 0. The van der Waals surface area contributed by atoms with Crippen molar-refractivity contribution in [3.8, 4) is 0 Å². The minimum atomic E-state index is 0.0561. The Hall–Kier alpha value is -3.07. The normalized spacial score (nSPS) is 18.0. The van der Waals surface area contributed by atoms with E-state index >= 15 is 0 Å². The molecule has 2 aliphatic carbocycles. The first kappa shape index (κ1) is 32.3. The summed E-state index contributed by atoms with van der Waals surface area (Å²) in [7, 11) is 0. The fourth-order valence-corrected chi connectivity index (χ4v) is 6.23. The molecule has 234 valence electrons. The Kier molecular flexibility index (Phi) is 8.36. The maximum Gasteiger partial charge on any atom is 0.0884 e. The Morgan fingerprint density at radius 2 is 0.750 bits per heavy atom. The van der Waals surface area contributed by atoms with Gasteiger partial charge >= 0.3 is 0 Å². The number of aliphatic imine (C=N–C) groups is 2. The molecular weight excluding hydrogens is 534 g/mol. The lowest BCUT2D eigenvalue weighted by Crippen LogP contribution is -2.21. The lowest BCUT2D eigenvalue weighted by atomic mass is 9.80. The summed E-state index contributed by atoms with van der Waals surface area (Å²) in [6, 6.07) is 16.3. The number of aromatic nitrogens is 1. The molecule has 2 aromatic carbocycles. The van der Waals surface area contributed by atoms with Crippen molar-refractivity contribution >= 4 is 22.8 Å². The van der Waals surface area contributed by atoms with Gasteiger partial charge in [0.25, 0.3) is 0 Å². The molecule has 0 saturated heterocycles. The van der Waals surface area contributed by atoms with Gasteiger partial charge in [0.1, 0.15) is 0 Å². The monoisotopic (exact) mass is 589 g/mol. The third kappa shape index (κ3) is 7.08. The second kappa shape index (κ2) is 11.4. The van der Waals surface area contributed by atoms with Gasteiger partial charge in [-0.25, -0.2) is 4.98 Å². The summed E-state index contributed by atoms with van der Waals surface area (Å²) in [4.78, 5) is 16.1. The van der Waals surface area contributed by atoms with Gasteiger partial charge in [0.05, 0.1) is 34.2 Å². The third-order valence-corrected chi connectivity index (χ3v) is 9.27. The Morgan fingerprint density at radius 3 is 1.05 bits per heavy atom. The Balaban J connectivity index is 1.63. The van der Waals surface area contributed by atoms with Crippen molar-refractivity contribution in [3.05, 3.63) is 87.2 Å². The summed E-state index contributed by atoms with van der Waals surface area (Å²) in [5.41, 5.74) is 14.8. The van der Waals surface area contributed by atoms with Crippen LogP contribution in [0.5, 0.6) is 0 Å². The third-order valence-electron chi connectivity index (χ3n) is 9.27. The maximum atomic E-state index is 5.43. The zero-order chi connectivity index (χ0) is 32.2. The molecule has 0 saturated carbocycles. The van der Waals surface area contributed by atoms with Crippen LogP contribution in [0.1, 0.15) is 154 Å². The first-order valence-electron chi connectivity index (χ1n) is 16.8. The first-order valence-corrected chi connectivity index (χ1v) is 16.8. The summed E-state index contributed by atoms with van der Waals surface area (Å²) < 4.78 is 0. The van der Waals surface area contributed by atoms with Crippen LogP contribution in [0.2, 0.25) is 0 Å². The number of aryl methyl sites for hydroxylation is 2. The fraction of sp³-hybridized carbons (Fsp3) is 0.537. The van der Waals surface area contributed by atoms with E-state index in [1.807, 2.05) is 0 Å². The number of rotatable bonds is 2. The van der Waals surface area contributed by atoms with Gasteiger partial charge in [-0.1, -0.05) is 101 Å². The van der Waals surface area contributed by atoms with Gasteiger partial charge in [-0.15, -0.1) is 0 Å². The molecule has 0 atom stereocenters. The van der Waals surface area contributed by atoms with Gasteiger partial charge < -0.3 is 0 Å². The van der Waals surface area contributed by atoms with E-state index < -0.39 is 0 Å². The summed E-state index contributed by atoms with van der Waals surface area (Å²) in [5.74, 6) is 0. The number of nitrogens with zero attached hydrogens (tertiary/aromatic N) is 3. The lowest BCUT2D eigenvalue weighted by Gasteiger charge is -2.27. The standard InChI is InChI=1S/C41H55N3/c1-38(2,3)28-20-29(39(4,5)6)23-32(22-28)42-34-17-13-15-26-19-27-16-14-18-35(37(27)44-36(26)34)43-33-24-30(40(7,8)9)21-31(25-33)41(10,11)12/h19-25H,13-18H2,1-12H3/b42-34-,43-35+. The molecule has 3 aromatic rings. The van der Waals surface area contributed by atoms with Crippen molar-refractivity contribution in [2.24, 2.45) is 9.98 Å². The lowest BCUT2D eigenvalue weighted by molar-refractivity contribution is 0.568. The van der Waals surface area contributed by atoms with Crippen LogP contribution >= 0.6 is 0 Å². The summed E-state index contributed by atoms with van der Waals surface area (Å²) in [6.45, 7) is 27.5. The zero-order valence-corrected chi connectivity index (χ0v) is 29.6. The molecule has 0 aliphatic heterocycles. The van der Waals surface area contributed by atoms with Gasteiger partial charge in [0.2, 0.25) is 0 Å². The number of pyridine rings is 1. The second-order valence-electron chi connectivity index (χ2n) is 17.4. The average Bonchev–Trinajstić information content (AvgIpc) is 2.90. The van der Waals surface area contributed by atoms with Crippen LogP contribution in [0.3, 0.4) is 0 Å². The van der Waals surface area contributed by atoms with Crippen molar-refractivity contribution in [1.29, 1.82) is 0 Å². The Bertz CT molecular complexity index is 1440. The average molecular weight is 590 g/mol. The highest BCUT2D eigenvalue weighted by atomic mass is 14.9. The predicted octanol–water partition coefficient (Wildman–Crippen LogP) is 11.2. The topological polar surface area (TPSA) is 37.6 Å². The molecule has 2 aliphatic rings. The minimum absolute atomic E-state index is 0.0561. The van der Waals surface area contributed by atoms with Crippen LogP contribution in [0.15, 0.2) is 52.4 Å². The predicted molar refractivity (Wildman–Crippen MR) is 190 cm³/mol. The van der Waals surface area contributed by atoms with Gasteiger partial charge in [-0.05, 0) is 118 Å². The van der Waals surface area contributed by atoms with Gasteiger partial charge in [-0.3, -0.25) is 9.98 Å².